The van der Waals surface area contributed by atoms with E-state index in [0.717, 1.165) is 18.3 Å². The van der Waals surface area contributed by atoms with E-state index >= 15 is 0 Å². The van der Waals surface area contributed by atoms with Gasteiger partial charge in [0.05, 0.1) is 6.04 Å². The van der Waals surface area contributed by atoms with Crippen molar-refractivity contribution in [3.63, 3.8) is 0 Å². The van der Waals surface area contributed by atoms with Crippen LogP contribution in [0.25, 0.3) is 0 Å². The molecule has 0 saturated carbocycles. The Morgan fingerprint density at radius 1 is 1.33 bits per heavy atom. The van der Waals surface area contributed by atoms with Gasteiger partial charge in [0.25, 0.3) is 0 Å². The molecule has 0 fully saturated rings. The molecule has 6 nitrogen and oxygen atoms in total. The first-order valence-corrected chi connectivity index (χ1v) is 7.84. The Balaban J connectivity index is 1.88. The zero-order valence-electron chi connectivity index (χ0n) is 14.1. The van der Waals surface area contributed by atoms with E-state index in [1.54, 1.807) is 19.4 Å². The summed E-state index contributed by atoms with van der Waals surface area (Å²) in [6, 6.07) is 3.64. The molecular formula is C16H22F2N6. The maximum absolute atomic E-state index is 13.3. The largest absolute Gasteiger partial charge is 0.355 e. The molecule has 2 aromatic rings. The lowest BCUT2D eigenvalue weighted by molar-refractivity contribution is 0.504. The van der Waals surface area contributed by atoms with E-state index < -0.39 is 11.6 Å². The van der Waals surface area contributed by atoms with Crippen LogP contribution < -0.4 is 10.6 Å². The molecule has 1 unspecified atom stereocenters. The molecule has 1 aromatic heterocycles. The van der Waals surface area contributed by atoms with Gasteiger partial charge in [-0.25, -0.2) is 8.78 Å². The Labute approximate surface area is 140 Å². The number of guanidine groups is 1. The summed E-state index contributed by atoms with van der Waals surface area (Å²) >= 11 is 0. The van der Waals surface area contributed by atoms with Crippen molar-refractivity contribution >= 4 is 5.96 Å². The molecule has 2 N–H and O–H groups in total. The van der Waals surface area contributed by atoms with Crippen LogP contribution in [0.4, 0.5) is 8.78 Å². The Morgan fingerprint density at radius 3 is 2.79 bits per heavy atom. The summed E-state index contributed by atoms with van der Waals surface area (Å²) in [5, 5.41) is 14.2. The van der Waals surface area contributed by atoms with E-state index in [0.29, 0.717) is 24.6 Å². The second-order valence-corrected chi connectivity index (χ2v) is 5.33. The van der Waals surface area contributed by atoms with Crippen LogP contribution >= 0.6 is 0 Å². The zero-order valence-corrected chi connectivity index (χ0v) is 14.1. The summed E-state index contributed by atoms with van der Waals surface area (Å²) in [7, 11) is 1.66. The lowest BCUT2D eigenvalue weighted by atomic mass is 10.1. The van der Waals surface area contributed by atoms with E-state index in [9.17, 15) is 8.78 Å². The van der Waals surface area contributed by atoms with E-state index in [1.165, 1.54) is 6.07 Å². The third-order valence-corrected chi connectivity index (χ3v) is 3.68. The fourth-order valence-corrected chi connectivity index (χ4v) is 2.30. The number of aromatic nitrogens is 3. The quantitative estimate of drug-likeness (QED) is 0.626. The standard InChI is InChI=1S/C16H22F2N6/c1-4-15-23-21-10-24(15)8-7-20-16(19-3)22-11(2)12-5-6-13(17)14(18)9-12/h5-6,9-11H,4,7-8H2,1-3H3,(H2,19,20,22). The fraction of sp³-hybridized carbons (Fsp3) is 0.438. The molecule has 1 aromatic carbocycles. The van der Waals surface area contributed by atoms with E-state index in [1.807, 2.05) is 18.4 Å². The molecule has 24 heavy (non-hydrogen) atoms. The van der Waals surface area contributed by atoms with Crippen LogP contribution in [0.15, 0.2) is 29.5 Å². The number of nitrogens with zero attached hydrogens (tertiary/aromatic N) is 4. The first-order chi connectivity index (χ1) is 11.5. The third-order valence-electron chi connectivity index (χ3n) is 3.68. The highest BCUT2D eigenvalue weighted by molar-refractivity contribution is 5.80. The highest BCUT2D eigenvalue weighted by atomic mass is 19.2. The highest BCUT2D eigenvalue weighted by Crippen LogP contribution is 2.15. The van der Waals surface area contributed by atoms with Crippen molar-refractivity contribution in [2.24, 2.45) is 4.99 Å². The Kier molecular flexibility index (Phi) is 6.22. The van der Waals surface area contributed by atoms with Crippen molar-refractivity contribution in [3.8, 4) is 0 Å². The van der Waals surface area contributed by atoms with Gasteiger partial charge in [0, 0.05) is 26.6 Å². The average Bonchev–Trinajstić information content (AvgIpc) is 3.03. The van der Waals surface area contributed by atoms with Crippen LogP contribution in [-0.4, -0.2) is 34.3 Å². The van der Waals surface area contributed by atoms with Gasteiger partial charge in [-0.05, 0) is 24.6 Å². The van der Waals surface area contributed by atoms with Gasteiger partial charge >= 0.3 is 0 Å². The summed E-state index contributed by atoms with van der Waals surface area (Å²) in [6.45, 7) is 5.22. The minimum absolute atomic E-state index is 0.215. The normalized spacial score (nSPS) is 13.0. The summed E-state index contributed by atoms with van der Waals surface area (Å²) < 4.78 is 28.3. The summed E-state index contributed by atoms with van der Waals surface area (Å²) in [5.74, 6) is -0.203. The van der Waals surface area contributed by atoms with Crippen molar-refractivity contribution in [1.82, 2.24) is 25.4 Å². The minimum Gasteiger partial charge on any atom is -0.355 e. The molecule has 0 saturated heterocycles. The summed E-state index contributed by atoms with van der Waals surface area (Å²) in [6.07, 6.45) is 2.51. The topological polar surface area (TPSA) is 67.1 Å². The predicted molar refractivity (Wildman–Crippen MR) is 88.7 cm³/mol. The lowest BCUT2D eigenvalue weighted by Gasteiger charge is -2.18. The van der Waals surface area contributed by atoms with Crippen molar-refractivity contribution < 1.29 is 8.78 Å². The maximum Gasteiger partial charge on any atom is 0.191 e. The predicted octanol–water partition coefficient (Wildman–Crippen LogP) is 2.04. The van der Waals surface area contributed by atoms with E-state index in [2.05, 4.69) is 25.8 Å². The highest BCUT2D eigenvalue weighted by Gasteiger charge is 2.11. The molecule has 8 heteroatoms. The molecule has 0 amide bonds. The first kappa shape index (κ1) is 17.8. The SMILES string of the molecule is CCc1nncn1CCNC(=NC)NC(C)c1ccc(F)c(F)c1. The van der Waals surface area contributed by atoms with Crippen LogP contribution in [0.2, 0.25) is 0 Å². The zero-order chi connectivity index (χ0) is 17.5. The maximum atomic E-state index is 13.3. The van der Waals surface area contributed by atoms with E-state index in [-0.39, 0.29) is 6.04 Å². The van der Waals surface area contributed by atoms with Crippen LogP contribution in [0.5, 0.6) is 0 Å². The number of aliphatic imine (C=N–C) groups is 1. The number of halogens is 2. The van der Waals surface area contributed by atoms with Gasteiger partial charge in [-0.15, -0.1) is 10.2 Å². The van der Waals surface area contributed by atoms with Crippen LogP contribution in [0.3, 0.4) is 0 Å². The van der Waals surface area contributed by atoms with Gasteiger partial charge in [0.1, 0.15) is 12.2 Å². The van der Waals surface area contributed by atoms with Gasteiger partial charge < -0.3 is 15.2 Å². The van der Waals surface area contributed by atoms with Gasteiger partial charge in [0.2, 0.25) is 0 Å². The van der Waals surface area contributed by atoms with Crippen molar-refractivity contribution in [3.05, 3.63) is 47.5 Å². The number of benzene rings is 1. The molecule has 130 valence electrons. The van der Waals surface area contributed by atoms with E-state index in [4.69, 9.17) is 0 Å². The Hall–Kier alpha value is -2.51. The molecule has 0 aliphatic rings. The average molecular weight is 336 g/mol. The van der Waals surface area contributed by atoms with Crippen molar-refractivity contribution in [2.75, 3.05) is 13.6 Å². The second kappa shape index (κ2) is 8.37. The summed E-state index contributed by atoms with van der Waals surface area (Å²) in [4.78, 5) is 4.14. The number of hydrogen-bond donors (Lipinski definition) is 2. The molecule has 0 aliphatic carbocycles. The summed E-state index contributed by atoms with van der Waals surface area (Å²) in [5.41, 5.74) is 0.643. The van der Waals surface area contributed by atoms with Gasteiger partial charge in [-0.3, -0.25) is 4.99 Å². The number of hydrogen-bond acceptors (Lipinski definition) is 3. The van der Waals surface area contributed by atoms with Gasteiger partial charge in [-0.1, -0.05) is 13.0 Å². The molecule has 0 aliphatic heterocycles. The molecule has 0 bridgehead atoms. The first-order valence-electron chi connectivity index (χ1n) is 7.84. The Bertz CT molecular complexity index is 698. The van der Waals surface area contributed by atoms with Gasteiger partial charge in [0.15, 0.2) is 17.6 Å². The second-order valence-electron chi connectivity index (χ2n) is 5.33. The molecule has 1 heterocycles. The van der Waals surface area contributed by atoms with Crippen LogP contribution in [-0.2, 0) is 13.0 Å². The van der Waals surface area contributed by atoms with Crippen molar-refractivity contribution in [2.45, 2.75) is 32.9 Å². The lowest BCUT2D eigenvalue weighted by Crippen LogP contribution is -2.40. The number of nitrogens with one attached hydrogen (secondary N) is 2. The molecule has 1 atom stereocenters. The molecule has 2 rings (SSSR count). The van der Waals surface area contributed by atoms with Crippen molar-refractivity contribution in [1.29, 1.82) is 0 Å². The third kappa shape index (κ3) is 4.50. The Morgan fingerprint density at radius 2 is 2.12 bits per heavy atom. The monoisotopic (exact) mass is 336 g/mol. The molecular weight excluding hydrogens is 314 g/mol. The smallest absolute Gasteiger partial charge is 0.191 e. The van der Waals surface area contributed by atoms with Crippen LogP contribution in [0, 0.1) is 11.6 Å². The fourth-order valence-electron chi connectivity index (χ4n) is 2.30. The van der Waals surface area contributed by atoms with Gasteiger partial charge in [-0.2, -0.15) is 0 Å². The van der Waals surface area contributed by atoms with Crippen LogP contribution in [0.1, 0.15) is 31.3 Å². The number of rotatable bonds is 6. The number of aryl methyl sites for hydroxylation is 1. The molecule has 0 spiro atoms. The minimum atomic E-state index is -0.858. The molecule has 0 radical (unpaired) electrons.